The molecule has 0 bridgehead atoms. The van der Waals surface area contributed by atoms with Crippen LogP contribution in [0.25, 0.3) is 0 Å². The van der Waals surface area contributed by atoms with Gasteiger partial charge < -0.3 is 15.2 Å². The molecular weight excluding hydrogens is 391 g/mol. The third-order valence-electron chi connectivity index (χ3n) is 3.56. The first-order valence-electron chi connectivity index (χ1n) is 7.73. The van der Waals surface area contributed by atoms with E-state index in [1.807, 2.05) is 0 Å². The number of nitrogens with zero attached hydrogens (tertiary/aromatic N) is 1. The third kappa shape index (κ3) is 6.12. The highest BCUT2D eigenvalue weighted by atomic mass is 79.9. The molecule has 0 saturated heterocycles. The van der Waals surface area contributed by atoms with Gasteiger partial charge in [-0.25, -0.2) is 4.39 Å². The highest BCUT2D eigenvalue weighted by Crippen LogP contribution is 2.18. The Kier molecular flexibility index (Phi) is 7.36. The number of carbonyl (C=O) groups excluding carboxylic acids is 1. The lowest BCUT2D eigenvalue weighted by Crippen LogP contribution is -2.35. The minimum Gasteiger partial charge on any atom is -0.497 e. The monoisotopic (exact) mass is 410 g/mol. The van der Waals surface area contributed by atoms with E-state index in [1.54, 1.807) is 48.4 Å². The molecule has 0 atom stereocenters. The van der Waals surface area contributed by atoms with Crippen LogP contribution in [0, 0.1) is 5.82 Å². The van der Waals surface area contributed by atoms with Crippen LogP contribution >= 0.6 is 15.9 Å². The second-order valence-electron chi connectivity index (χ2n) is 5.45. The zero-order valence-electron chi connectivity index (χ0n) is 13.8. The molecule has 0 saturated carbocycles. The summed E-state index contributed by atoms with van der Waals surface area (Å²) in [6, 6.07) is 11.6. The number of methoxy groups -OCH3 is 1. The molecule has 2 rings (SSSR count). The van der Waals surface area contributed by atoms with E-state index in [0.29, 0.717) is 17.0 Å². The number of hydrogen-bond donors (Lipinski definition) is 2. The van der Waals surface area contributed by atoms with Gasteiger partial charge in [-0.15, -0.1) is 0 Å². The van der Waals surface area contributed by atoms with E-state index in [2.05, 4.69) is 21.2 Å². The summed E-state index contributed by atoms with van der Waals surface area (Å²) in [7, 11) is 1.57. The van der Waals surface area contributed by atoms with Crippen LogP contribution in [0.5, 0.6) is 5.75 Å². The van der Waals surface area contributed by atoms with Gasteiger partial charge in [-0.1, -0.05) is 15.9 Å². The lowest BCUT2D eigenvalue weighted by atomic mass is 10.2. The van der Waals surface area contributed by atoms with Crippen LogP contribution < -0.4 is 10.1 Å². The maximum Gasteiger partial charge on any atom is 0.238 e. The topological polar surface area (TPSA) is 61.8 Å². The largest absolute Gasteiger partial charge is 0.497 e. The van der Waals surface area contributed by atoms with Crippen molar-refractivity contribution in [1.82, 2.24) is 4.90 Å². The van der Waals surface area contributed by atoms with E-state index in [-0.39, 0.29) is 38.0 Å². The number of aliphatic hydroxyl groups is 1. The Balaban J connectivity index is 1.99. The Morgan fingerprint density at radius 1 is 1.28 bits per heavy atom. The molecule has 134 valence electrons. The van der Waals surface area contributed by atoms with Gasteiger partial charge in [-0.3, -0.25) is 9.69 Å². The number of anilines is 1. The standard InChI is InChI=1S/C18H20BrFN2O3/c1-25-16-5-3-15(4-6-16)21-18(24)12-22(8-9-23)11-13-10-14(19)2-7-17(13)20/h2-7,10,23H,8-9,11-12H2,1H3,(H,21,24). The molecule has 0 heterocycles. The van der Waals surface area contributed by atoms with Gasteiger partial charge in [0.1, 0.15) is 11.6 Å². The number of benzene rings is 2. The van der Waals surface area contributed by atoms with Gasteiger partial charge in [0.15, 0.2) is 0 Å². The Morgan fingerprint density at radius 2 is 2.00 bits per heavy atom. The fraction of sp³-hybridized carbons (Fsp3) is 0.278. The lowest BCUT2D eigenvalue weighted by Gasteiger charge is -2.21. The molecule has 0 radical (unpaired) electrons. The van der Waals surface area contributed by atoms with Crippen LogP contribution in [0.4, 0.5) is 10.1 Å². The maximum absolute atomic E-state index is 13.9. The second kappa shape index (κ2) is 9.50. The van der Waals surface area contributed by atoms with E-state index in [4.69, 9.17) is 4.74 Å². The van der Waals surface area contributed by atoms with Crippen molar-refractivity contribution in [2.24, 2.45) is 0 Å². The molecule has 7 heteroatoms. The van der Waals surface area contributed by atoms with Gasteiger partial charge in [0.05, 0.1) is 20.3 Å². The minimum absolute atomic E-state index is 0.0402. The second-order valence-corrected chi connectivity index (χ2v) is 6.36. The Bertz CT molecular complexity index is 710. The molecule has 0 fully saturated rings. The average Bonchev–Trinajstić information content (AvgIpc) is 2.59. The van der Waals surface area contributed by atoms with E-state index < -0.39 is 0 Å². The van der Waals surface area contributed by atoms with E-state index in [9.17, 15) is 14.3 Å². The van der Waals surface area contributed by atoms with Crippen molar-refractivity contribution in [2.75, 3.05) is 32.1 Å². The highest BCUT2D eigenvalue weighted by Gasteiger charge is 2.14. The van der Waals surface area contributed by atoms with Crippen molar-refractivity contribution in [3.8, 4) is 5.75 Å². The van der Waals surface area contributed by atoms with Crippen LogP contribution in [0.1, 0.15) is 5.56 Å². The molecule has 1 amide bonds. The number of rotatable bonds is 8. The van der Waals surface area contributed by atoms with E-state index >= 15 is 0 Å². The molecule has 0 aliphatic carbocycles. The van der Waals surface area contributed by atoms with Crippen molar-refractivity contribution >= 4 is 27.5 Å². The summed E-state index contributed by atoms with van der Waals surface area (Å²) in [6.45, 7) is 0.411. The van der Waals surface area contributed by atoms with Gasteiger partial charge >= 0.3 is 0 Å². The number of hydrogen-bond acceptors (Lipinski definition) is 4. The van der Waals surface area contributed by atoms with Crippen LogP contribution in [0.15, 0.2) is 46.9 Å². The molecule has 0 unspecified atom stereocenters. The van der Waals surface area contributed by atoms with Crippen molar-refractivity contribution < 1.29 is 19.0 Å². The molecule has 25 heavy (non-hydrogen) atoms. The average molecular weight is 411 g/mol. The van der Waals surface area contributed by atoms with Crippen LogP contribution in [-0.2, 0) is 11.3 Å². The summed E-state index contributed by atoms with van der Waals surface area (Å²) in [5.74, 6) is 0.112. The SMILES string of the molecule is COc1ccc(NC(=O)CN(CCO)Cc2cc(Br)ccc2F)cc1. The van der Waals surface area contributed by atoms with Gasteiger partial charge in [-0.2, -0.15) is 0 Å². The summed E-state index contributed by atoms with van der Waals surface area (Å²) in [5, 5.41) is 12.0. The maximum atomic E-state index is 13.9. The fourth-order valence-electron chi connectivity index (χ4n) is 2.34. The van der Waals surface area contributed by atoms with Crippen molar-refractivity contribution in [3.63, 3.8) is 0 Å². The predicted molar refractivity (Wildman–Crippen MR) is 98.1 cm³/mol. The quantitative estimate of drug-likeness (QED) is 0.701. The number of carbonyl (C=O) groups is 1. The molecule has 0 aliphatic heterocycles. The van der Waals surface area contributed by atoms with Gasteiger partial charge in [-0.05, 0) is 42.5 Å². The number of amides is 1. The Hall–Kier alpha value is -1.96. The van der Waals surface area contributed by atoms with Gasteiger partial charge in [0.25, 0.3) is 0 Å². The lowest BCUT2D eigenvalue weighted by molar-refractivity contribution is -0.117. The first-order valence-corrected chi connectivity index (χ1v) is 8.52. The number of aliphatic hydroxyl groups excluding tert-OH is 1. The molecule has 0 spiro atoms. The third-order valence-corrected chi connectivity index (χ3v) is 4.05. The molecule has 0 aliphatic rings. The Morgan fingerprint density at radius 3 is 2.64 bits per heavy atom. The summed E-state index contributed by atoms with van der Waals surface area (Å²) in [4.78, 5) is 13.9. The number of ether oxygens (including phenoxy) is 1. The minimum atomic E-state index is -0.346. The molecular formula is C18H20BrFN2O3. The summed E-state index contributed by atoms with van der Waals surface area (Å²) < 4.78 is 19.7. The van der Waals surface area contributed by atoms with Gasteiger partial charge in [0, 0.05) is 28.8 Å². The zero-order valence-corrected chi connectivity index (χ0v) is 15.4. The van der Waals surface area contributed by atoms with E-state index in [0.717, 1.165) is 4.47 Å². The summed E-state index contributed by atoms with van der Waals surface area (Å²) in [5.41, 5.74) is 1.10. The van der Waals surface area contributed by atoms with Crippen LogP contribution in [-0.4, -0.2) is 42.7 Å². The van der Waals surface area contributed by atoms with Crippen LogP contribution in [0.3, 0.4) is 0 Å². The predicted octanol–water partition coefficient (Wildman–Crippen LogP) is 3.03. The first-order chi connectivity index (χ1) is 12.0. The van der Waals surface area contributed by atoms with Crippen LogP contribution in [0.2, 0.25) is 0 Å². The Labute approximate surface area is 154 Å². The highest BCUT2D eigenvalue weighted by molar-refractivity contribution is 9.10. The smallest absolute Gasteiger partial charge is 0.238 e. The number of halogens is 2. The molecule has 2 aromatic rings. The summed E-state index contributed by atoms with van der Waals surface area (Å²) in [6.07, 6.45) is 0. The van der Waals surface area contributed by atoms with Crippen molar-refractivity contribution in [2.45, 2.75) is 6.54 Å². The zero-order chi connectivity index (χ0) is 18.2. The van der Waals surface area contributed by atoms with Gasteiger partial charge in [0.2, 0.25) is 5.91 Å². The molecule has 5 nitrogen and oxygen atoms in total. The fourth-order valence-corrected chi connectivity index (χ4v) is 2.75. The molecule has 2 aromatic carbocycles. The van der Waals surface area contributed by atoms with Crippen molar-refractivity contribution in [1.29, 1.82) is 0 Å². The molecule has 0 aromatic heterocycles. The number of nitrogens with one attached hydrogen (secondary N) is 1. The normalized spacial score (nSPS) is 10.8. The van der Waals surface area contributed by atoms with Crippen molar-refractivity contribution in [3.05, 3.63) is 58.3 Å². The summed E-state index contributed by atoms with van der Waals surface area (Å²) >= 11 is 3.31. The molecule has 2 N–H and O–H groups in total. The van der Waals surface area contributed by atoms with E-state index in [1.165, 1.54) is 6.07 Å². The first kappa shape index (κ1) is 19.4.